The number of morpholine rings is 1. The van der Waals surface area contributed by atoms with Crippen LogP contribution in [0.1, 0.15) is 19.3 Å². The molecule has 1 N–H and O–H groups in total. The molecule has 0 radical (unpaired) electrons. The molecule has 1 aliphatic carbocycles. The summed E-state index contributed by atoms with van der Waals surface area (Å²) in [5.41, 5.74) is 0.661. The molecule has 2 heterocycles. The standard InChI is InChI=1S/C20H28Cl2N4O2/c21-18-5-4-15(12-19(18)22)23-20(27)25-8-6-24(7-9-25)13-17-14-26(10-11-28-17)16-2-1-3-16/h4-5,12,16-17H,1-3,6-11,13-14H2,(H,23,27)/t17-/m0/s1. The minimum Gasteiger partial charge on any atom is -0.374 e. The number of hydrogen-bond acceptors (Lipinski definition) is 4. The van der Waals surface area contributed by atoms with Crippen molar-refractivity contribution in [3.63, 3.8) is 0 Å². The molecule has 0 spiro atoms. The SMILES string of the molecule is O=C(Nc1ccc(Cl)c(Cl)c1)N1CCN(C[C@H]2CN(C3CCC3)CCO2)CC1. The van der Waals surface area contributed by atoms with E-state index in [9.17, 15) is 4.79 Å². The van der Waals surface area contributed by atoms with E-state index in [0.29, 0.717) is 28.8 Å². The van der Waals surface area contributed by atoms with Crippen LogP contribution in [0.15, 0.2) is 18.2 Å². The minimum atomic E-state index is -0.0943. The highest BCUT2D eigenvalue weighted by Gasteiger charge is 2.31. The number of nitrogens with one attached hydrogen (secondary N) is 1. The van der Waals surface area contributed by atoms with Crippen molar-refractivity contribution in [1.82, 2.24) is 14.7 Å². The Kier molecular flexibility index (Phi) is 6.63. The maximum Gasteiger partial charge on any atom is 0.321 e. The fourth-order valence-electron chi connectivity index (χ4n) is 4.13. The normalized spacial score (nSPS) is 24.8. The fourth-order valence-corrected chi connectivity index (χ4v) is 4.43. The van der Waals surface area contributed by atoms with Crippen LogP contribution < -0.4 is 5.32 Å². The van der Waals surface area contributed by atoms with E-state index in [1.54, 1.807) is 18.2 Å². The van der Waals surface area contributed by atoms with E-state index in [1.165, 1.54) is 19.3 Å². The van der Waals surface area contributed by atoms with E-state index in [1.807, 2.05) is 4.90 Å². The summed E-state index contributed by atoms with van der Waals surface area (Å²) in [7, 11) is 0. The molecule has 2 amide bonds. The number of rotatable bonds is 4. The number of ether oxygens (including phenoxy) is 1. The van der Waals surface area contributed by atoms with Gasteiger partial charge in [0.25, 0.3) is 0 Å². The molecule has 2 saturated heterocycles. The Morgan fingerprint density at radius 3 is 2.57 bits per heavy atom. The zero-order valence-corrected chi connectivity index (χ0v) is 17.6. The molecular formula is C20H28Cl2N4O2. The van der Waals surface area contributed by atoms with Gasteiger partial charge < -0.3 is 15.0 Å². The molecule has 0 aromatic heterocycles. The molecule has 1 aromatic rings. The Morgan fingerprint density at radius 1 is 1.11 bits per heavy atom. The number of anilines is 1. The van der Waals surface area contributed by atoms with Crippen molar-refractivity contribution in [3.8, 4) is 0 Å². The van der Waals surface area contributed by atoms with Crippen LogP contribution in [0.4, 0.5) is 10.5 Å². The van der Waals surface area contributed by atoms with Gasteiger partial charge in [0, 0.05) is 57.5 Å². The number of piperazine rings is 1. The van der Waals surface area contributed by atoms with Gasteiger partial charge in [0.15, 0.2) is 0 Å². The van der Waals surface area contributed by atoms with Crippen molar-refractivity contribution in [2.24, 2.45) is 0 Å². The number of nitrogens with zero attached hydrogens (tertiary/aromatic N) is 3. The van der Waals surface area contributed by atoms with Crippen molar-refractivity contribution in [3.05, 3.63) is 28.2 Å². The quantitative estimate of drug-likeness (QED) is 0.801. The minimum absolute atomic E-state index is 0.0943. The highest BCUT2D eigenvalue weighted by atomic mass is 35.5. The number of amides is 2. The largest absolute Gasteiger partial charge is 0.374 e. The molecule has 3 aliphatic rings. The van der Waals surface area contributed by atoms with Crippen LogP contribution >= 0.6 is 23.2 Å². The van der Waals surface area contributed by atoms with Crippen molar-refractivity contribution >= 4 is 34.9 Å². The van der Waals surface area contributed by atoms with Gasteiger partial charge >= 0.3 is 6.03 Å². The molecule has 1 aromatic carbocycles. The number of halogens is 2. The zero-order valence-electron chi connectivity index (χ0n) is 16.1. The third kappa shape index (κ3) is 4.92. The lowest BCUT2D eigenvalue weighted by Crippen LogP contribution is -2.56. The second-order valence-electron chi connectivity index (χ2n) is 7.92. The van der Waals surface area contributed by atoms with Crippen LogP contribution in [0.3, 0.4) is 0 Å². The average molecular weight is 427 g/mol. The molecule has 154 valence electrons. The number of carbonyl (C=O) groups is 1. The van der Waals surface area contributed by atoms with Gasteiger partial charge in [-0.1, -0.05) is 29.6 Å². The first-order valence-electron chi connectivity index (χ1n) is 10.2. The molecular weight excluding hydrogens is 399 g/mol. The van der Waals surface area contributed by atoms with E-state index in [0.717, 1.165) is 45.4 Å². The van der Waals surface area contributed by atoms with Crippen molar-refractivity contribution in [2.45, 2.75) is 31.4 Å². The molecule has 8 heteroatoms. The molecule has 6 nitrogen and oxygen atoms in total. The Morgan fingerprint density at radius 2 is 1.89 bits per heavy atom. The summed E-state index contributed by atoms with van der Waals surface area (Å²) in [6.07, 6.45) is 4.35. The van der Waals surface area contributed by atoms with E-state index in [2.05, 4.69) is 15.1 Å². The third-order valence-corrected chi connectivity index (χ3v) is 6.79. The summed E-state index contributed by atoms with van der Waals surface area (Å²) in [5.74, 6) is 0. The highest BCUT2D eigenvalue weighted by molar-refractivity contribution is 6.42. The first kappa shape index (κ1) is 20.2. The zero-order chi connectivity index (χ0) is 19.5. The predicted octanol–water partition coefficient (Wildman–Crippen LogP) is 3.40. The van der Waals surface area contributed by atoms with Crippen LogP contribution in [0.5, 0.6) is 0 Å². The first-order valence-corrected chi connectivity index (χ1v) is 10.9. The number of hydrogen-bond donors (Lipinski definition) is 1. The number of carbonyl (C=O) groups excluding carboxylic acids is 1. The second-order valence-corrected chi connectivity index (χ2v) is 8.73. The maximum atomic E-state index is 12.5. The van der Waals surface area contributed by atoms with Gasteiger partial charge in [0.2, 0.25) is 0 Å². The van der Waals surface area contributed by atoms with Gasteiger partial charge in [-0.3, -0.25) is 9.80 Å². The first-order chi connectivity index (χ1) is 13.6. The lowest BCUT2D eigenvalue weighted by molar-refractivity contribution is -0.0685. The van der Waals surface area contributed by atoms with Gasteiger partial charge in [0.1, 0.15) is 0 Å². The molecule has 0 unspecified atom stereocenters. The van der Waals surface area contributed by atoms with Gasteiger partial charge in [-0.2, -0.15) is 0 Å². The molecule has 4 rings (SSSR count). The predicted molar refractivity (Wildman–Crippen MR) is 112 cm³/mol. The van der Waals surface area contributed by atoms with Crippen LogP contribution in [0.25, 0.3) is 0 Å². The smallest absolute Gasteiger partial charge is 0.321 e. The molecule has 1 atom stereocenters. The van der Waals surface area contributed by atoms with Gasteiger partial charge in [-0.15, -0.1) is 0 Å². The van der Waals surface area contributed by atoms with E-state index in [-0.39, 0.29) is 12.1 Å². The summed E-state index contributed by atoms with van der Waals surface area (Å²) in [6.45, 7) is 7.08. The monoisotopic (exact) mass is 426 g/mol. The Hall–Kier alpha value is -1.05. The van der Waals surface area contributed by atoms with E-state index in [4.69, 9.17) is 27.9 Å². The molecule has 1 saturated carbocycles. The topological polar surface area (TPSA) is 48.1 Å². The number of urea groups is 1. The molecule has 0 bridgehead atoms. The Bertz CT molecular complexity index is 693. The highest BCUT2D eigenvalue weighted by Crippen LogP contribution is 2.27. The third-order valence-electron chi connectivity index (χ3n) is 6.05. The summed E-state index contributed by atoms with van der Waals surface area (Å²) in [4.78, 5) is 19.4. The molecule has 28 heavy (non-hydrogen) atoms. The molecule has 2 aliphatic heterocycles. The van der Waals surface area contributed by atoms with Crippen LogP contribution in [0.2, 0.25) is 10.0 Å². The van der Waals surface area contributed by atoms with Crippen LogP contribution in [-0.4, -0.2) is 85.3 Å². The maximum absolute atomic E-state index is 12.5. The summed E-state index contributed by atoms with van der Waals surface area (Å²) in [6, 6.07) is 5.81. The van der Waals surface area contributed by atoms with E-state index >= 15 is 0 Å². The summed E-state index contributed by atoms with van der Waals surface area (Å²) < 4.78 is 6.00. The van der Waals surface area contributed by atoms with Gasteiger partial charge in [-0.05, 0) is 31.0 Å². The van der Waals surface area contributed by atoms with Gasteiger partial charge in [0.05, 0.1) is 22.8 Å². The average Bonchev–Trinajstić information content (AvgIpc) is 2.64. The fraction of sp³-hybridized carbons (Fsp3) is 0.650. The van der Waals surface area contributed by atoms with Crippen LogP contribution in [-0.2, 0) is 4.74 Å². The van der Waals surface area contributed by atoms with Crippen LogP contribution in [0, 0.1) is 0 Å². The lowest BCUT2D eigenvalue weighted by atomic mass is 9.91. The van der Waals surface area contributed by atoms with E-state index < -0.39 is 0 Å². The van der Waals surface area contributed by atoms with Gasteiger partial charge in [-0.25, -0.2) is 4.79 Å². The molecule has 3 fully saturated rings. The van der Waals surface area contributed by atoms with Crippen molar-refractivity contribution < 1.29 is 9.53 Å². The summed E-state index contributed by atoms with van der Waals surface area (Å²) >= 11 is 11.9. The lowest BCUT2D eigenvalue weighted by Gasteiger charge is -2.44. The van der Waals surface area contributed by atoms with Crippen molar-refractivity contribution in [2.75, 3.05) is 57.7 Å². The Labute approximate surface area is 176 Å². The number of benzene rings is 1. The summed E-state index contributed by atoms with van der Waals surface area (Å²) in [5, 5.41) is 3.82. The Balaban J connectivity index is 1.21. The second kappa shape index (κ2) is 9.18. The van der Waals surface area contributed by atoms with Crippen molar-refractivity contribution in [1.29, 1.82) is 0 Å².